The molecule has 2 amide bonds. The SMILES string of the molecule is COc1ccccc1C1NC(=O)NC2=C1Cc1ccccc12. The number of nitrogens with one attached hydrogen (secondary N) is 2. The number of carbonyl (C=O) groups excluding carboxylic acids is 1. The molecule has 2 aliphatic rings. The van der Waals surface area contributed by atoms with Gasteiger partial charge in [-0.2, -0.15) is 0 Å². The lowest BCUT2D eigenvalue weighted by atomic mass is 9.94. The Morgan fingerprint density at radius 1 is 1.09 bits per heavy atom. The summed E-state index contributed by atoms with van der Waals surface area (Å²) in [6.07, 6.45) is 0.835. The first kappa shape index (κ1) is 13.0. The monoisotopic (exact) mass is 292 g/mol. The second kappa shape index (κ2) is 4.91. The number of benzene rings is 2. The van der Waals surface area contributed by atoms with E-state index in [1.807, 2.05) is 36.4 Å². The fourth-order valence-electron chi connectivity index (χ4n) is 3.32. The van der Waals surface area contributed by atoms with Crippen molar-refractivity contribution in [2.45, 2.75) is 12.5 Å². The topological polar surface area (TPSA) is 50.4 Å². The molecule has 0 saturated heterocycles. The van der Waals surface area contributed by atoms with E-state index in [1.165, 1.54) is 11.1 Å². The molecule has 1 aliphatic carbocycles. The van der Waals surface area contributed by atoms with Crippen molar-refractivity contribution in [3.05, 3.63) is 70.8 Å². The zero-order chi connectivity index (χ0) is 15.1. The van der Waals surface area contributed by atoms with Crippen LogP contribution in [0.1, 0.15) is 22.7 Å². The Morgan fingerprint density at radius 3 is 2.73 bits per heavy atom. The highest BCUT2D eigenvalue weighted by atomic mass is 16.5. The van der Waals surface area contributed by atoms with Crippen LogP contribution in [0.2, 0.25) is 0 Å². The maximum absolute atomic E-state index is 12.1. The van der Waals surface area contributed by atoms with Crippen molar-refractivity contribution in [3.63, 3.8) is 0 Å². The van der Waals surface area contributed by atoms with Crippen LogP contribution >= 0.6 is 0 Å². The van der Waals surface area contributed by atoms with Crippen LogP contribution in [-0.2, 0) is 6.42 Å². The molecule has 4 rings (SSSR count). The van der Waals surface area contributed by atoms with Gasteiger partial charge in [-0.1, -0.05) is 42.5 Å². The van der Waals surface area contributed by atoms with Gasteiger partial charge in [0.1, 0.15) is 5.75 Å². The fourth-order valence-corrected chi connectivity index (χ4v) is 3.32. The van der Waals surface area contributed by atoms with E-state index in [0.717, 1.165) is 29.0 Å². The molecular formula is C18H16N2O2. The highest BCUT2D eigenvalue weighted by Crippen LogP contribution is 2.41. The second-order valence-electron chi connectivity index (χ2n) is 5.51. The molecule has 22 heavy (non-hydrogen) atoms. The van der Waals surface area contributed by atoms with Crippen LogP contribution in [0.5, 0.6) is 5.75 Å². The first-order valence-corrected chi connectivity index (χ1v) is 7.29. The summed E-state index contributed by atoms with van der Waals surface area (Å²) in [5.41, 5.74) is 5.48. The molecule has 1 unspecified atom stereocenters. The number of hydrogen-bond acceptors (Lipinski definition) is 2. The first-order chi connectivity index (χ1) is 10.8. The van der Waals surface area contributed by atoms with Crippen molar-refractivity contribution >= 4 is 11.7 Å². The van der Waals surface area contributed by atoms with Gasteiger partial charge in [0.15, 0.2) is 0 Å². The number of methoxy groups -OCH3 is 1. The standard InChI is InChI=1S/C18H16N2O2/c1-22-15-9-5-4-8-13(15)17-14-10-11-6-2-3-7-12(11)16(14)19-18(21)20-17/h2-9,17H,10H2,1H3,(H2,19,20,21). The molecule has 1 atom stereocenters. The smallest absolute Gasteiger partial charge is 0.320 e. The molecule has 110 valence electrons. The average molecular weight is 292 g/mol. The number of fused-ring (bicyclic) bond motifs is 2. The van der Waals surface area contributed by atoms with Crippen LogP contribution in [0.4, 0.5) is 4.79 Å². The van der Waals surface area contributed by atoms with Crippen molar-refractivity contribution in [2.75, 3.05) is 7.11 Å². The van der Waals surface area contributed by atoms with Crippen LogP contribution in [0.15, 0.2) is 54.1 Å². The molecule has 0 saturated carbocycles. The lowest BCUT2D eigenvalue weighted by molar-refractivity contribution is 0.240. The van der Waals surface area contributed by atoms with Crippen molar-refractivity contribution < 1.29 is 9.53 Å². The minimum Gasteiger partial charge on any atom is -0.496 e. The molecule has 0 aromatic heterocycles. The molecule has 1 heterocycles. The molecule has 1 aliphatic heterocycles. The molecule has 4 nitrogen and oxygen atoms in total. The third-order valence-electron chi connectivity index (χ3n) is 4.30. The van der Waals surface area contributed by atoms with Gasteiger partial charge in [0.05, 0.1) is 18.8 Å². The predicted molar refractivity (Wildman–Crippen MR) is 84.5 cm³/mol. The Bertz CT molecular complexity index is 795. The maximum Gasteiger partial charge on any atom is 0.320 e. The molecule has 2 aromatic carbocycles. The molecule has 0 spiro atoms. The molecule has 0 radical (unpaired) electrons. The summed E-state index contributed by atoms with van der Waals surface area (Å²) in [6, 6.07) is 15.7. The van der Waals surface area contributed by atoms with E-state index in [-0.39, 0.29) is 12.1 Å². The highest BCUT2D eigenvalue weighted by Gasteiger charge is 2.34. The van der Waals surface area contributed by atoms with Gasteiger partial charge in [0.25, 0.3) is 0 Å². The largest absolute Gasteiger partial charge is 0.496 e. The Hall–Kier alpha value is -2.75. The summed E-state index contributed by atoms with van der Waals surface area (Å²) in [7, 11) is 1.65. The van der Waals surface area contributed by atoms with Gasteiger partial charge < -0.3 is 15.4 Å². The molecule has 2 N–H and O–H groups in total. The maximum atomic E-state index is 12.1. The Balaban J connectivity index is 1.85. The van der Waals surface area contributed by atoms with Crippen molar-refractivity contribution in [1.82, 2.24) is 10.6 Å². The summed E-state index contributed by atoms with van der Waals surface area (Å²) in [4.78, 5) is 12.1. The number of carbonyl (C=O) groups is 1. The first-order valence-electron chi connectivity index (χ1n) is 7.29. The van der Waals surface area contributed by atoms with Gasteiger partial charge in [-0.15, -0.1) is 0 Å². The zero-order valence-electron chi connectivity index (χ0n) is 12.2. The number of ether oxygens (including phenoxy) is 1. The fraction of sp³-hybridized carbons (Fsp3) is 0.167. The Kier molecular flexibility index (Phi) is 2.89. The number of hydrogen-bond donors (Lipinski definition) is 2. The Labute approximate surface area is 128 Å². The van der Waals surface area contributed by atoms with Crippen molar-refractivity contribution in [3.8, 4) is 5.75 Å². The van der Waals surface area contributed by atoms with Gasteiger partial charge >= 0.3 is 6.03 Å². The quantitative estimate of drug-likeness (QED) is 0.894. The molecule has 0 bridgehead atoms. The van der Waals surface area contributed by atoms with E-state index in [1.54, 1.807) is 7.11 Å². The zero-order valence-corrected chi connectivity index (χ0v) is 12.2. The third-order valence-corrected chi connectivity index (χ3v) is 4.30. The van der Waals surface area contributed by atoms with Gasteiger partial charge in [-0.3, -0.25) is 0 Å². The van der Waals surface area contributed by atoms with Crippen LogP contribution in [-0.4, -0.2) is 13.1 Å². The van der Waals surface area contributed by atoms with Crippen molar-refractivity contribution in [1.29, 1.82) is 0 Å². The van der Waals surface area contributed by atoms with E-state index in [4.69, 9.17) is 4.74 Å². The van der Waals surface area contributed by atoms with Gasteiger partial charge in [0, 0.05) is 11.1 Å². The lowest BCUT2D eigenvalue weighted by Crippen LogP contribution is -2.42. The van der Waals surface area contributed by atoms with E-state index >= 15 is 0 Å². The number of urea groups is 1. The minimum atomic E-state index is -0.175. The summed E-state index contributed by atoms with van der Waals surface area (Å²) >= 11 is 0. The van der Waals surface area contributed by atoms with Gasteiger partial charge in [0.2, 0.25) is 0 Å². The minimum absolute atomic E-state index is 0.160. The van der Waals surface area contributed by atoms with Crippen molar-refractivity contribution in [2.24, 2.45) is 0 Å². The van der Waals surface area contributed by atoms with E-state index < -0.39 is 0 Å². The summed E-state index contributed by atoms with van der Waals surface area (Å²) in [5, 5.41) is 5.99. The molecule has 4 heteroatoms. The molecular weight excluding hydrogens is 276 g/mol. The summed E-state index contributed by atoms with van der Waals surface area (Å²) in [6.45, 7) is 0. The lowest BCUT2D eigenvalue weighted by Gasteiger charge is -2.28. The second-order valence-corrected chi connectivity index (χ2v) is 5.51. The number of para-hydroxylation sites is 1. The summed E-state index contributed by atoms with van der Waals surface area (Å²) in [5.74, 6) is 0.789. The van der Waals surface area contributed by atoms with Gasteiger partial charge in [-0.05, 0) is 23.6 Å². The Morgan fingerprint density at radius 2 is 1.86 bits per heavy atom. The van der Waals surface area contributed by atoms with E-state index in [9.17, 15) is 4.79 Å². The highest BCUT2D eigenvalue weighted by molar-refractivity contribution is 5.93. The normalized spacial score (nSPS) is 19.1. The van der Waals surface area contributed by atoms with Crippen LogP contribution < -0.4 is 15.4 Å². The van der Waals surface area contributed by atoms with Gasteiger partial charge in [-0.25, -0.2) is 4.79 Å². The molecule has 0 fully saturated rings. The van der Waals surface area contributed by atoms with Crippen LogP contribution in [0.3, 0.4) is 0 Å². The third kappa shape index (κ3) is 1.88. The van der Waals surface area contributed by atoms with E-state index in [0.29, 0.717) is 0 Å². The summed E-state index contributed by atoms with van der Waals surface area (Å²) < 4.78 is 5.47. The van der Waals surface area contributed by atoms with E-state index in [2.05, 4.69) is 22.8 Å². The van der Waals surface area contributed by atoms with Crippen LogP contribution in [0.25, 0.3) is 5.70 Å². The molecule has 2 aromatic rings. The number of rotatable bonds is 2. The van der Waals surface area contributed by atoms with Crippen LogP contribution in [0, 0.1) is 0 Å². The average Bonchev–Trinajstić information content (AvgIpc) is 2.93. The number of amides is 2. The predicted octanol–water partition coefficient (Wildman–Crippen LogP) is 3.02.